The van der Waals surface area contributed by atoms with Crippen molar-refractivity contribution >= 4 is 19.7 Å². The van der Waals surface area contributed by atoms with Gasteiger partial charge < -0.3 is 37.6 Å². The standard InChI is InChI=1S/C36H39BO4.C30H28O2.C7H15BO2/c1-25-20-31(30-23-28(26-14-8-6-9-15-26)22-29(24-30)27-16-10-7-11-17-27)34(39-33-18-12-13-19-38-33)32(21-25)37-40-35(2,3)36(4,5)41-37;1-22-15-16-29(32-30-14-8-9-17-31-30)28(18-22)27-20-25(23-10-4-2-5-11-23)19-26(21-27)24-12-6-3-7-13-24;1-6(2)7(3,4)10-8(5)9-6/h6-11,14-17,20-24,33H,12-13,18-19H2,1-5H3;2-7,10-13,15-16,18-21,30H,8-9,14,17H2,1H3;1-5H3. The molecule has 2 unspecified atom stereocenters. The van der Waals surface area contributed by atoms with Gasteiger partial charge in [-0.2, -0.15) is 0 Å². The van der Waals surface area contributed by atoms with Crippen LogP contribution in [-0.2, 0) is 28.1 Å². The average Bonchev–Trinajstić information content (AvgIpc) is 2.56. The third kappa shape index (κ3) is 14.3. The molecule has 12 rings (SSSR count). The van der Waals surface area contributed by atoms with Crippen molar-refractivity contribution in [2.45, 2.75) is 150 Å². The van der Waals surface area contributed by atoms with Gasteiger partial charge in [0.05, 0.1) is 35.6 Å². The zero-order chi connectivity index (χ0) is 58.4. The molecule has 428 valence electrons. The third-order valence-electron chi connectivity index (χ3n) is 17.0. The highest BCUT2D eigenvalue weighted by atomic mass is 16.7. The molecule has 0 saturated carbocycles. The fraction of sp³-hybridized carbons (Fsp3) is 0.342. The summed E-state index contributed by atoms with van der Waals surface area (Å²) in [4.78, 5) is 0. The molecule has 0 spiro atoms. The maximum Gasteiger partial charge on any atom is 0.498 e. The van der Waals surface area contributed by atoms with Crippen LogP contribution in [0.2, 0.25) is 6.82 Å². The first kappa shape index (κ1) is 59.4. The van der Waals surface area contributed by atoms with E-state index in [0.29, 0.717) is 6.61 Å². The monoisotopic (exact) mass is 1110 g/mol. The van der Waals surface area contributed by atoms with Crippen molar-refractivity contribution in [3.05, 3.63) is 199 Å². The lowest BCUT2D eigenvalue weighted by Crippen LogP contribution is -2.41. The lowest BCUT2D eigenvalue weighted by atomic mass is 9.75. The van der Waals surface area contributed by atoms with Crippen LogP contribution in [0.3, 0.4) is 0 Å². The molecule has 10 heteroatoms. The maximum atomic E-state index is 6.78. The van der Waals surface area contributed by atoms with E-state index in [0.717, 1.165) is 101 Å². The molecule has 4 fully saturated rings. The molecule has 0 N–H and O–H groups in total. The third-order valence-corrected chi connectivity index (χ3v) is 17.0. The first-order valence-corrected chi connectivity index (χ1v) is 29.9. The average molecular weight is 1110 g/mol. The van der Waals surface area contributed by atoms with Crippen LogP contribution in [0, 0.1) is 13.8 Å². The largest absolute Gasteiger partial charge is 0.498 e. The van der Waals surface area contributed by atoms with Crippen LogP contribution in [-0.4, -0.2) is 62.4 Å². The van der Waals surface area contributed by atoms with E-state index in [1.165, 1.54) is 38.9 Å². The minimum Gasteiger partial charge on any atom is -0.465 e. The molecule has 0 aromatic heterocycles. The fourth-order valence-corrected chi connectivity index (χ4v) is 11.0. The highest BCUT2D eigenvalue weighted by molar-refractivity contribution is 6.63. The summed E-state index contributed by atoms with van der Waals surface area (Å²) >= 11 is 0. The molecule has 0 radical (unpaired) electrons. The summed E-state index contributed by atoms with van der Waals surface area (Å²) in [7, 11) is -0.617. The van der Waals surface area contributed by atoms with Crippen molar-refractivity contribution in [1.82, 2.24) is 0 Å². The predicted octanol–water partition coefficient (Wildman–Crippen LogP) is 17.8. The van der Waals surface area contributed by atoms with Crippen molar-refractivity contribution < 1.29 is 37.6 Å². The number of rotatable bonds is 11. The van der Waals surface area contributed by atoms with Crippen molar-refractivity contribution in [3.8, 4) is 78.3 Å². The second kappa shape index (κ2) is 25.6. The van der Waals surface area contributed by atoms with Gasteiger partial charge in [-0.25, -0.2) is 0 Å². The summed E-state index contributed by atoms with van der Waals surface area (Å²) in [6.07, 6.45) is 5.72. The quantitative estimate of drug-likeness (QED) is 0.119. The predicted molar refractivity (Wildman–Crippen MR) is 341 cm³/mol. The Morgan fingerprint density at radius 2 is 0.747 bits per heavy atom. The number of hydrogen-bond acceptors (Lipinski definition) is 8. The van der Waals surface area contributed by atoms with E-state index in [4.69, 9.17) is 37.6 Å². The Hall–Kier alpha value is -6.75. The SMILES string of the molecule is CB1OC(C)(C)C(C)(C)O1.Cc1cc(B2OC(C)(C)C(C)(C)O2)c(OC2CCCCO2)c(-c2cc(-c3ccccc3)cc(-c3ccccc3)c2)c1.Cc1ccc(OC2CCCCO2)c(-c2cc(-c3ccccc3)cc(-c3ccccc3)c2)c1. The van der Waals surface area contributed by atoms with Crippen LogP contribution in [0.4, 0.5) is 0 Å². The van der Waals surface area contributed by atoms with Crippen molar-refractivity contribution in [1.29, 1.82) is 0 Å². The number of ether oxygens (including phenoxy) is 4. The molecule has 4 aliphatic heterocycles. The molecule has 8 nitrogen and oxygen atoms in total. The zero-order valence-corrected chi connectivity index (χ0v) is 50.6. The summed E-state index contributed by atoms with van der Waals surface area (Å²) in [5.41, 5.74) is 15.8. The van der Waals surface area contributed by atoms with E-state index >= 15 is 0 Å². The molecular formula is C73H82B2O8. The van der Waals surface area contributed by atoms with Crippen LogP contribution in [0.25, 0.3) is 66.8 Å². The van der Waals surface area contributed by atoms with E-state index in [9.17, 15) is 0 Å². The Morgan fingerprint density at radius 3 is 1.13 bits per heavy atom. The first-order valence-electron chi connectivity index (χ1n) is 29.9. The zero-order valence-electron chi connectivity index (χ0n) is 50.6. The molecule has 4 saturated heterocycles. The van der Waals surface area contributed by atoms with Gasteiger partial charge >= 0.3 is 14.2 Å². The summed E-state index contributed by atoms with van der Waals surface area (Å²) in [6, 6.07) is 66.6. The maximum absolute atomic E-state index is 6.78. The highest BCUT2D eigenvalue weighted by Gasteiger charge is 2.53. The van der Waals surface area contributed by atoms with Crippen LogP contribution < -0.4 is 14.9 Å². The van der Waals surface area contributed by atoms with Gasteiger partial charge in [0.25, 0.3) is 0 Å². The molecule has 8 aromatic rings. The first-order chi connectivity index (χ1) is 39.8. The van der Waals surface area contributed by atoms with Crippen LogP contribution in [0.1, 0.15) is 105 Å². The summed E-state index contributed by atoms with van der Waals surface area (Å²) in [6.45, 7) is 24.2. The molecule has 4 aliphatic rings. The van der Waals surface area contributed by atoms with Gasteiger partial charge in [0.1, 0.15) is 11.5 Å². The molecule has 83 heavy (non-hydrogen) atoms. The topological polar surface area (TPSA) is 73.8 Å². The number of benzene rings is 8. The molecule has 0 bridgehead atoms. The lowest BCUT2D eigenvalue weighted by Gasteiger charge is -2.32. The Bertz CT molecular complexity index is 3280. The van der Waals surface area contributed by atoms with Gasteiger partial charge in [-0.15, -0.1) is 0 Å². The van der Waals surface area contributed by atoms with Gasteiger partial charge in [0.15, 0.2) is 12.6 Å². The molecule has 0 amide bonds. The van der Waals surface area contributed by atoms with Gasteiger partial charge in [0, 0.05) is 29.4 Å². The molecule has 4 heterocycles. The summed E-state index contributed by atoms with van der Waals surface area (Å²) in [5, 5.41) is 0. The second-order valence-electron chi connectivity index (χ2n) is 24.5. The van der Waals surface area contributed by atoms with Crippen LogP contribution in [0.15, 0.2) is 188 Å². The van der Waals surface area contributed by atoms with E-state index in [1.807, 2.05) is 6.82 Å². The summed E-state index contributed by atoms with van der Waals surface area (Å²) in [5.74, 6) is 1.65. The van der Waals surface area contributed by atoms with Gasteiger partial charge in [0.2, 0.25) is 0 Å². The lowest BCUT2D eigenvalue weighted by molar-refractivity contribution is -0.105. The molecule has 8 aromatic carbocycles. The van der Waals surface area contributed by atoms with Crippen molar-refractivity contribution in [2.75, 3.05) is 13.2 Å². The second-order valence-corrected chi connectivity index (χ2v) is 24.5. The Morgan fingerprint density at radius 1 is 0.373 bits per heavy atom. The summed E-state index contributed by atoms with van der Waals surface area (Å²) < 4.78 is 49.3. The molecular weight excluding hydrogens is 1030 g/mol. The Balaban J connectivity index is 0.000000162. The number of aryl methyl sites for hydroxylation is 2. The molecule has 0 aliphatic carbocycles. The normalized spacial score (nSPS) is 19.4. The van der Waals surface area contributed by atoms with E-state index < -0.39 is 18.3 Å². The smallest absolute Gasteiger partial charge is 0.465 e. The van der Waals surface area contributed by atoms with Crippen molar-refractivity contribution in [2.24, 2.45) is 0 Å². The minimum absolute atomic E-state index is 0.0648. The van der Waals surface area contributed by atoms with E-state index in [2.05, 4.69) is 257 Å². The number of hydrogen-bond donors (Lipinski definition) is 0. The Kier molecular flexibility index (Phi) is 18.3. The van der Waals surface area contributed by atoms with Gasteiger partial charge in [-0.3, -0.25) is 0 Å². The minimum atomic E-state index is -0.553. The van der Waals surface area contributed by atoms with Crippen LogP contribution in [0.5, 0.6) is 11.5 Å². The van der Waals surface area contributed by atoms with Crippen molar-refractivity contribution in [3.63, 3.8) is 0 Å². The fourth-order valence-electron chi connectivity index (χ4n) is 11.0. The van der Waals surface area contributed by atoms with E-state index in [1.54, 1.807) is 0 Å². The van der Waals surface area contributed by atoms with E-state index in [-0.39, 0.29) is 30.9 Å². The molecule has 2 atom stereocenters. The van der Waals surface area contributed by atoms with Crippen LogP contribution >= 0.6 is 0 Å². The van der Waals surface area contributed by atoms with Gasteiger partial charge in [-0.05, 0) is 212 Å². The Labute approximate surface area is 495 Å². The van der Waals surface area contributed by atoms with Gasteiger partial charge in [-0.1, -0.05) is 145 Å². The highest BCUT2D eigenvalue weighted by Crippen LogP contribution is 2.43.